The number of carbonyl (C=O) groups excluding carboxylic acids is 2. The van der Waals surface area contributed by atoms with Crippen LogP contribution in [0.2, 0.25) is 0 Å². The largest absolute Gasteiger partial charge is 0.416 e. The van der Waals surface area contributed by atoms with Crippen molar-refractivity contribution in [3.05, 3.63) is 64.1 Å². The molecule has 3 aromatic rings. The number of aromatic nitrogens is 3. The molecule has 30 heavy (non-hydrogen) atoms. The summed E-state index contributed by atoms with van der Waals surface area (Å²) in [5.74, 6) is -0.862. The molecule has 0 fully saturated rings. The molecule has 0 radical (unpaired) electrons. The molecule has 0 aliphatic rings. The summed E-state index contributed by atoms with van der Waals surface area (Å²) >= 11 is 0. The first-order chi connectivity index (χ1) is 14.1. The van der Waals surface area contributed by atoms with Crippen molar-refractivity contribution in [2.75, 3.05) is 0 Å². The molecule has 0 aliphatic carbocycles. The van der Waals surface area contributed by atoms with Gasteiger partial charge in [-0.3, -0.25) is 9.59 Å². The molecule has 2 amide bonds. The monoisotopic (exact) mass is 419 g/mol. The van der Waals surface area contributed by atoms with Crippen LogP contribution in [0.3, 0.4) is 0 Å². The van der Waals surface area contributed by atoms with Crippen LogP contribution in [0, 0.1) is 13.8 Å². The molecule has 10 heteroatoms. The van der Waals surface area contributed by atoms with E-state index in [4.69, 9.17) is 5.73 Å². The van der Waals surface area contributed by atoms with Gasteiger partial charge in [-0.05, 0) is 43.5 Å². The number of rotatable bonds is 6. The van der Waals surface area contributed by atoms with E-state index in [1.165, 1.54) is 22.8 Å². The highest BCUT2D eigenvalue weighted by Crippen LogP contribution is 2.29. The fraction of sp³-hybridized carbons (Fsp3) is 0.300. The molecular formula is C20H20F3N5O2. The number of nitrogens with zero attached hydrogens (tertiary/aromatic N) is 3. The second kappa shape index (κ2) is 8.13. The van der Waals surface area contributed by atoms with E-state index in [0.29, 0.717) is 23.3 Å². The van der Waals surface area contributed by atoms with E-state index < -0.39 is 17.6 Å². The third-order valence-corrected chi connectivity index (χ3v) is 4.85. The highest BCUT2D eigenvalue weighted by Gasteiger charge is 2.29. The minimum atomic E-state index is -4.39. The molecule has 3 N–H and O–H groups in total. The quantitative estimate of drug-likeness (QED) is 0.641. The summed E-state index contributed by atoms with van der Waals surface area (Å²) in [5, 5.41) is 6.84. The number of nitrogens with two attached hydrogens (primary N) is 1. The number of hydrogen-bond donors (Lipinski definition) is 2. The molecule has 158 valence electrons. The fourth-order valence-corrected chi connectivity index (χ4v) is 3.19. The molecule has 0 bridgehead atoms. The van der Waals surface area contributed by atoms with Crippen molar-refractivity contribution in [3.8, 4) is 0 Å². The number of nitrogens with one attached hydrogen (secondary N) is 1. The normalized spacial score (nSPS) is 11.6. The molecule has 0 atom stereocenters. The van der Waals surface area contributed by atoms with Crippen LogP contribution in [-0.2, 0) is 23.9 Å². The van der Waals surface area contributed by atoms with Crippen LogP contribution in [0.25, 0.3) is 5.65 Å². The predicted octanol–water partition coefficient (Wildman–Crippen LogP) is 2.71. The van der Waals surface area contributed by atoms with E-state index in [2.05, 4.69) is 15.4 Å². The average molecular weight is 419 g/mol. The molecule has 0 spiro atoms. The molecule has 0 saturated carbocycles. The number of amides is 2. The van der Waals surface area contributed by atoms with Gasteiger partial charge in [-0.25, -0.2) is 9.50 Å². The van der Waals surface area contributed by atoms with Gasteiger partial charge in [0.25, 0.3) is 5.91 Å². The van der Waals surface area contributed by atoms with Gasteiger partial charge in [0.2, 0.25) is 5.91 Å². The number of primary amides is 1. The molecule has 2 heterocycles. The van der Waals surface area contributed by atoms with Crippen LogP contribution in [0.4, 0.5) is 13.2 Å². The first-order valence-electron chi connectivity index (χ1n) is 9.14. The Labute approximate surface area is 170 Å². The van der Waals surface area contributed by atoms with Crippen molar-refractivity contribution >= 4 is 17.5 Å². The molecule has 0 unspecified atom stereocenters. The third-order valence-electron chi connectivity index (χ3n) is 4.85. The summed E-state index contributed by atoms with van der Waals surface area (Å²) in [7, 11) is 0. The minimum Gasteiger partial charge on any atom is -0.365 e. The maximum atomic E-state index is 12.6. The van der Waals surface area contributed by atoms with Crippen LogP contribution in [-0.4, -0.2) is 26.4 Å². The highest BCUT2D eigenvalue weighted by atomic mass is 19.4. The Balaban J connectivity index is 1.63. The Hall–Kier alpha value is -3.43. The number of fused-ring (bicyclic) bond motifs is 1. The van der Waals surface area contributed by atoms with Gasteiger partial charge < -0.3 is 11.1 Å². The smallest absolute Gasteiger partial charge is 0.365 e. The molecule has 3 rings (SSSR count). The van der Waals surface area contributed by atoms with Crippen LogP contribution in [0.15, 0.2) is 30.5 Å². The highest BCUT2D eigenvalue weighted by molar-refractivity contribution is 5.98. The Kier molecular flexibility index (Phi) is 5.77. The zero-order valence-electron chi connectivity index (χ0n) is 16.4. The van der Waals surface area contributed by atoms with Gasteiger partial charge in [-0.2, -0.15) is 18.3 Å². The lowest BCUT2D eigenvalue weighted by molar-refractivity contribution is -0.137. The number of benzene rings is 1. The summed E-state index contributed by atoms with van der Waals surface area (Å²) in [6.45, 7) is 3.72. The number of aryl methyl sites for hydroxylation is 2. The SMILES string of the molecule is Cc1nc2c(C(N)=O)cnn2c(C)c1CCC(=O)NCc1ccc(C(F)(F)F)cc1. The summed E-state index contributed by atoms with van der Waals surface area (Å²) in [5.41, 5.74) is 8.00. The van der Waals surface area contributed by atoms with Gasteiger partial charge in [-0.1, -0.05) is 12.1 Å². The van der Waals surface area contributed by atoms with E-state index >= 15 is 0 Å². The van der Waals surface area contributed by atoms with Crippen molar-refractivity contribution in [3.63, 3.8) is 0 Å². The van der Waals surface area contributed by atoms with Crippen molar-refractivity contribution in [1.82, 2.24) is 19.9 Å². The van der Waals surface area contributed by atoms with Crippen molar-refractivity contribution < 1.29 is 22.8 Å². The van der Waals surface area contributed by atoms with Gasteiger partial charge in [-0.15, -0.1) is 0 Å². The molecule has 1 aromatic carbocycles. The van der Waals surface area contributed by atoms with Gasteiger partial charge in [0.1, 0.15) is 5.56 Å². The molecule has 7 nitrogen and oxygen atoms in total. The maximum absolute atomic E-state index is 12.6. The van der Waals surface area contributed by atoms with E-state index in [9.17, 15) is 22.8 Å². The van der Waals surface area contributed by atoms with Crippen LogP contribution >= 0.6 is 0 Å². The molecule has 0 aliphatic heterocycles. The Bertz CT molecular complexity index is 1100. The van der Waals surface area contributed by atoms with Gasteiger partial charge in [0.15, 0.2) is 5.65 Å². The first kappa shape index (κ1) is 21.3. The number of alkyl halides is 3. The van der Waals surface area contributed by atoms with Crippen molar-refractivity contribution in [2.45, 2.75) is 39.4 Å². The fourth-order valence-electron chi connectivity index (χ4n) is 3.19. The summed E-state index contributed by atoms with van der Waals surface area (Å²) in [4.78, 5) is 28.1. The minimum absolute atomic E-state index is 0.132. The summed E-state index contributed by atoms with van der Waals surface area (Å²) < 4.78 is 39.3. The zero-order valence-corrected chi connectivity index (χ0v) is 16.4. The van der Waals surface area contributed by atoms with Gasteiger partial charge in [0.05, 0.1) is 11.8 Å². The van der Waals surface area contributed by atoms with E-state index in [1.807, 2.05) is 6.92 Å². The second-order valence-electron chi connectivity index (χ2n) is 6.89. The number of halogens is 3. The van der Waals surface area contributed by atoms with Crippen LogP contribution in [0.1, 0.15) is 44.9 Å². The maximum Gasteiger partial charge on any atom is 0.416 e. The molecule has 2 aromatic heterocycles. The Morgan fingerprint density at radius 3 is 2.43 bits per heavy atom. The van der Waals surface area contributed by atoms with Crippen molar-refractivity contribution in [2.24, 2.45) is 5.73 Å². The standard InChI is InChI=1S/C20H20F3N5O2/c1-11-15(12(2)28-19(27-11)16(10-26-28)18(24)30)7-8-17(29)25-9-13-3-5-14(6-4-13)20(21,22)23/h3-6,10H,7-9H2,1-2H3,(H2,24,30)(H,25,29). The first-order valence-corrected chi connectivity index (χ1v) is 9.14. The Morgan fingerprint density at radius 1 is 1.17 bits per heavy atom. The Morgan fingerprint density at radius 2 is 1.83 bits per heavy atom. The zero-order chi connectivity index (χ0) is 22.1. The van der Waals surface area contributed by atoms with E-state index in [0.717, 1.165) is 23.4 Å². The van der Waals surface area contributed by atoms with Crippen molar-refractivity contribution in [1.29, 1.82) is 0 Å². The van der Waals surface area contributed by atoms with Crippen LogP contribution in [0.5, 0.6) is 0 Å². The predicted molar refractivity (Wildman–Crippen MR) is 103 cm³/mol. The average Bonchev–Trinajstić information content (AvgIpc) is 3.10. The van der Waals surface area contributed by atoms with E-state index in [1.54, 1.807) is 6.92 Å². The second-order valence-corrected chi connectivity index (χ2v) is 6.89. The summed E-state index contributed by atoms with van der Waals surface area (Å²) in [6, 6.07) is 4.64. The van der Waals surface area contributed by atoms with E-state index in [-0.39, 0.29) is 24.4 Å². The van der Waals surface area contributed by atoms with Gasteiger partial charge >= 0.3 is 6.18 Å². The lowest BCUT2D eigenvalue weighted by atomic mass is 10.1. The van der Waals surface area contributed by atoms with Crippen LogP contribution < -0.4 is 11.1 Å². The lowest BCUT2D eigenvalue weighted by Crippen LogP contribution is -2.23. The topological polar surface area (TPSA) is 102 Å². The lowest BCUT2D eigenvalue weighted by Gasteiger charge is -2.12. The third kappa shape index (κ3) is 4.42. The summed E-state index contributed by atoms with van der Waals surface area (Å²) in [6.07, 6.45) is -2.47. The molecule has 0 saturated heterocycles. The number of hydrogen-bond acceptors (Lipinski definition) is 4. The molecular weight excluding hydrogens is 399 g/mol. The number of carbonyl (C=O) groups is 2. The van der Waals surface area contributed by atoms with Gasteiger partial charge in [0, 0.05) is 24.4 Å².